The molecular formula is C16H30N2O3. The lowest BCUT2D eigenvalue weighted by Gasteiger charge is -2.57. The van der Waals surface area contributed by atoms with Crippen LogP contribution in [0.2, 0.25) is 0 Å². The van der Waals surface area contributed by atoms with Crippen LogP contribution in [0.4, 0.5) is 4.79 Å². The molecule has 2 aliphatic rings. The van der Waals surface area contributed by atoms with Crippen molar-refractivity contribution in [1.29, 1.82) is 0 Å². The third-order valence-corrected chi connectivity index (χ3v) is 5.12. The second-order valence-corrected chi connectivity index (χ2v) is 6.71. The average Bonchev–Trinajstić information content (AvgIpc) is 2.46. The van der Waals surface area contributed by atoms with E-state index in [2.05, 4.69) is 5.32 Å². The van der Waals surface area contributed by atoms with Crippen molar-refractivity contribution in [2.75, 3.05) is 20.2 Å². The van der Waals surface area contributed by atoms with Gasteiger partial charge in [0.2, 0.25) is 0 Å². The summed E-state index contributed by atoms with van der Waals surface area (Å²) in [5, 5.41) is 12.6. The number of carbonyl (C=O) groups is 1. The molecule has 3 unspecified atom stereocenters. The fraction of sp³-hybridized carbons (Fsp3) is 0.938. The van der Waals surface area contributed by atoms with E-state index in [1.165, 1.54) is 19.3 Å². The maximum absolute atomic E-state index is 12.2. The van der Waals surface area contributed by atoms with Crippen molar-refractivity contribution in [1.82, 2.24) is 10.2 Å². The quantitative estimate of drug-likeness (QED) is 0.817. The molecule has 1 spiro atoms. The summed E-state index contributed by atoms with van der Waals surface area (Å²) in [5.41, 5.74) is 0.148. The number of amides is 2. The first-order valence-electron chi connectivity index (χ1n) is 8.31. The highest BCUT2D eigenvalue weighted by Crippen LogP contribution is 2.53. The van der Waals surface area contributed by atoms with Crippen molar-refractivity contribution in [2.45, 2.75) is 70.6 Å². The summed E-state index contributed by atoms with van der Waals surface area (Å²) in [6, 6.07) is 0.138. The summed E-state index contributed by atoms with van der Waals surface area (Å²) in [6.45, 7) is 4.84. The summed E-state index contributed by atoms with van der Waals surface area (Å²) in [6.07, 6.45) is 6.80. The molecule has 0 aromatic rings. The van der Waals surface area contributed by atoms with Gasteiger partial charge in [-0.1, -0.05) is 19.3 Å². The fourth-order valence-corrected chi connectivity index (χ4v) is 4.00. The number of aliphatic hydroxyl groups is 1. The number of rotatable bonds is 5. The smallest absolute Gasteiger partial charge is 0.317 e. The Bertz CT molecular complexity index is 353. The van der Waals surface area contributed by atoms with Crippen LogP contribution in [0.25, 0.3) is 0 Å². The molecule has 2 saturated carbocycles. The van der Waals surface area contributed by atoms with Gasteiger partial charge in [0.15, 0.2) is 0 Å². The first-order chi connectivity index (χ1) is 9.99. The van der Waals surface area contributed by atoms with Gasteiger partial charge in [-0.2, -0.15) is 0 Å². The Morgan fingerprint density at radius 3 is 2.67 bits per heavy atom. The summed E-state index contributed by atoms with van der Waals surface area (Å²) in [7, 11) is 1.73. The van der Waals surface area contributed by atoms with Crippen LogP contribution in [0.3, 0.4) is 0 Å². The maximum Gasteiger partial charge on any atom is 0.317 e. The Labute approximate surface area is 128 Å². The number of nitrogens with one attached hydrogen (secondary N) is 1. The number of ether oxygens (including phenoxy) is 1. The summed E-state index contributed by atoms with van der Waals surface area (Å²) >= 11 is 0. The van der Waals surface area contributed by atoms with Crippen LogP contribution >= 0.6 is 0 Å². The van der Waals surface area contributed by atoms with Gasteiger partial charge in [-0.15, -0.1) is 0 Å². The largest absolute Gasteiger partial charge is 0.392 e. The zero-order chi connectivity index (χ0) is 15.5. The molecule has 0 bridgehead atoms. The second-order valence-electron chi connectivity index (χ2n) is 6.71. The molecule has 2 amide bonds. The number of hydrogen-bond donors (Lipinski definition) is 2. The Balaban J connectivity index is 1.94. The van der Waals surface area contributed by atoms with Crippen LogP contribution in [0, 0.1) is 5.41 Å². The summed E-state index contributed by atoms with van der Waals surface area (Å²) < 4.78 is 5.90. The fourth-order valence-electron chi connectivity index (χ4n) is 4.00. The van der Waals surface area contributed by atoms with Gasteiger partial charge in [0.1, 0.15) is 0 Å². The van der Waals surface area contributed by atoms with Gasteiger partial charge in [-0.05, 0) is 33.1 Å². The molecule has 122 valence electrons. The Morgan fingerprint density at radius 2 is 2.10 bits per heavy atom. The van der Waals surface area contributed by atoms with Gasteiger partial charge in [-0.3, -0.25) is 0 Å². The molecule has 0 saturated heterocycles. The van der Waals surface area contributed by atoms with Crippen molar-refractivity contribution in [3.8, 4) is 0 Å². The van der Waals surface area contributed by atoms with Gasteiger partial charge in [0, 0.05) is 31.7 Å². The SMILES string of the molecule is CCOC1CC(NC(=O)N(C)CC(C)O)C12CCCCC2. The minimum Gasteiger partial charge on any atom is -0.392 e. The topological polar surface area (TPSA) is 61.8 Å². The lowest BCUT2D eigenvalue weighted by molar-refractivity contribution is -0.147. The first-order valence-corrected chi connectivity index (χ1v) is 8.31. The predicted octanol–water partition coefficient (Wildman–Crippen LogP) is 2.14. The van der Waals surface area contributed by atoms with Crippen molar-refractivity contribution < 1.29 is 14.6 Å². The first kappa shape index (κ1) is 16.6. The number of aliphatic hydroxyl groups excluding tert-OH is 1. The molecule has 0 aromatic carbocycles. The van der Waals surface area contributed by atoms with Crippen molar-refractivity contribution in [3.63, 3.8) is 0 Å². The van der Waals surface area contributed by atoms with Crippen LogP contribution < -0.4 is 5.32 Å². The van der Waals surface area contributed by atoms with E-state index in [9.17, 15) is 9.90 Å². The summed E-state index contributed by atoms with van der Waals surface area (Å²) in [5.74, 6) is 0. The van der Waals surface area contributed by atoms with Gasteiger partial charge in [-0.25, -0.2) is 4.79 Å². The molecule has 5 heteroatoms. The van der Waals surface area contributed by atoms with E-state index in [4.69, 9.17) is 4.74 Å². The lowest BCUT2D eigenvalue weighted by atomic mass is 9.55. The molecule has 3 atom stereocenters. The Kier molecular flexibility index (Phi) is 5.49. The molecule has 2 N–H and O–H groups in total. The standard InChI is InChI=1S/C16H30N2O3/c1-4-21-14-10-13(16(14)8-6-5-7-9-16)17-15(20)18(3)11-12(2)19/h12-14,19H,4-11H2,1-3H3,(H,17,20). The van der Waals surface area contributed by atoms with Crippen molar-refractivity contribution in [2.24, 2.45) is 5.41 Å². The monoisotopic (exact) mass is 298 g/mol. The molecule has 0 radical (unpaired) electrons. The maximum atomic E-state index is 12.2. The normalized spacial score (nSPS) is 28.8. The number of nitrogens with zero attached hydrogens (tertiary/aromatic N) is 1. The van der Waals surface area contributed by atoms with E-state index in [0.29, 0.717) is 12.6 Å². The molecule has 2 rings (SSSR count). The number of likely N-dealkylation sites (N-methyl/N-ethyl adjacent to an activating group) is 1. The van der Waals surface area contributed by atoms with Crippen LogP contribution in [0.5, 0.6) is 0 Å². The third kappa shape index (κ3) is 3.51. The molecule has 0 aromatic heterocycles. The van der Waals surface area contributed by atoms with Gasteiger partial charge < -0.3 is 20.1 Å². The van der Waals surface area contributed by atoms with E-state index in [1.54, 1.807) is 18.9 Å². The van der Waals surface area contributed by atoms with Crippen LogP contribution in [0.1, 0.15) is 52.4 Å². The average molecular weight is 298 g/mol. The molecular weight excluding hydrogens is 268 g/mol. The van der Waals surface area contributed by atoms with Gasteiger partial charge in [0.05, 0.1) is 12.2 Å². The minimum absolute atomic E-state index is 0.0826. The number of carbonyl (C=O) groups excluding carboxylic acids is 1. The van der Waals surface area contributed by atoms with E-state index in [-0.39, 0.29) is 17.5 Å². The number of hydrogen-bond acceptors (Lipinski definition) is 3. The molecule has 5 nitrogen and oxygen atoms in total. The molecule has 0 aliphatic heterocycles. The highest BCUT2D eigenvalue weighted by Gasteiger charge is 2.56. The van der Waals surface area contributed by atoms with E-state index in [1.807, 2.05) is 6.92 Å². The molecule has 0 heterocycles. The van der Waals surface area contributed by atoms with E-state index < -0.39 is 6.10 Å². The Morgan fingerprint density at radius 1 is 1.43 bits per heavy atom. The lowest BCUT2D eigenvalue weighted by Crippen LogP contribution is -2.66. The minimum atomic E-state index is -0.498. The Hall–Kier alpha value is -0.810. The zero-order valence-corrected chi connectivity index (χ0v) is 13.6. The second kappa shape index (κ2) is 6.97. The van der Waals surface area contributed by atoms with Crippen molar-refractivity contribution >= 4 is 6.03 Å². The van der Waals surface area contributed by atoms with E-state index >= 15 is 0 Å². The number of urea groups is 1. The van der Waals surface area contributed by atoms with E-state index in [0.717, 1.165) is 25.9 Å². The van der Waals surface area contributed by atoms with Crippen LogP contribution in [0.15, 0.2) is 0 Å². The predicted molar refractivity (Wildman–Crippen MR) is 82.2 cm³/mol. The molecule has 2 fully saturated rings. The van der Waals surface area contributed by atoms with Crippen LogP contribution in [-0.4, -0.2) is 54.5 Å². The summed E-state index contributed by atoms with van der Waals surface area (Å²) in [4.78, 5) is 13.8. The third-order valence-electron chi connectivity index (χ3n) is 5.12. The van der Waals surface area contributed by atoms with Crippen LogP contribution in [-0.2, 0) is 4.74 Å². The van der Waals surface area contributed by atoms with Gasteiger partial charge >= 0.3 is 6.03 Å². The van der Waals surface area contributed by atoms with Crippen molar-refractivity contribution in [3.05, 3.63) is 0 Å². The molecule has 2 aliphatic carbocycles. The molecule has 21 heavy (non-hydrogen) atoms. The zero-order valence-electron chi connectivity index (χ0n) is 13.6. The highest BCUT2D eigenvalue weighted by molar-refractivity contribution is 5.74. The highest BCUT2D eigenvalue weighted by atomic mass is 16.5. The van der Waals surface area contributed by atoms with Gasteiger partial charge in [0.25, 0.3) is 0 Å².